The third-order valence-corrected chi connectivity index (χ3v) is 10.7. The van der Waals surface area contributed by atoms with Crippen LogP contribution in [0.3, 0.4) is 0 Å². The molecule has 0 N–H and O–H groups in total. The zero-order valence-corrected chi connectivity index (χ0v) is 30.0. The molecule has 0 amide bonds. The Kier molecular flexibility index (Phi) is 7.41. The van der Waals surface area contributed by atoms with Gasteiger partial charge in [0.05, 0.1) is 11.0 Å². The Morgan fingerprint density at radius 1 is 0.574 bits per heavy atom. The zero-order valence-electron chi connectivity index (χ0n) is 30.0. The summed E-state index contributed by atoms with van der Waals surface area (Å²) in [6.45, 7) is 4.67. The molecule has 0 bridgehead atoms. The minimum absolute atomic E-state index is 0.271. The standard InChI is InChI=1S/C49H36N4O/c1-49(2)43-32-34(25-28-39(43)41-29-30-42-40-20-12-13-21-44(40)53(47(42)46(41)49)37-18-10-5-11-19-37)48-51-50-45(54-48)31-24-33-22-26-38(27-23-33)52(35-14-6-3-7-15-35)36-16-8-4-9-17-36/h3-32H,1-2H3/b31-24+. The summed E-state index contributed by atoms with van der Waals surface area (Å²) in [5.74, 6) is 0.964. The Balaban J connectivity index is 0.957. The van der Waals surface area contributed by atoms with Crippen molar-refractivity contribution in [2.75, 3.05) is 4.90 Å². The summed E-state index contributed by atoms with van der Waals surface area (Å²) in [4.78, 5) is 2.25. The summed E-state index contributed by atoms with van der Waals surface area (Å²) in [7, 11) is 0. The van der Waals surface area contributed by atoms with Gasteiger partial charge >= 0.3 is 0 Å². The lowest BCUT2D eigenvalue weighted by atomic mass is 9.81. The van der Waals surface area contributed by atoms with Gasteiger partial charge in [-0.3, -0.25) is 0 Å². The number of anilines is 3. The Morgan fingerprint density at radius 3 is 1.93 bits per heavy atom. The number of aromatic nitrogens is 3. The maximum absolute atomic E-state index is 6.24. The number of rotatable bonds is 7. The van der Waals surface area contributed by atoms with Gasteiger partial charge in [0.15, 0.2) is 0 Å². The second-order valence-corrected chi connectivity index (χ2v) is 14.3. The Morgan fingerprint density at radius 2 is 1.20 bits per heavy atom. The molecule has 5 heteroatoms. The number of hydrogen-bond donors (Lipinski definition) is 0. The highest BCUT2D eigenvalue weighted by Crippen LogP contribution is 2.53. The van der Waals surface area contributed by atoms with Gasteiger partial charge in [0.25, 0.3) is 0 Å². The first kappa shape index (κ1) is 31.7. The third-order valence-electron chi connectivity index (χ3n) is 10.7. The van der Waals surface area contributed by atoms with Crippen LogP contribution in [-0.4, -0.2) is 14.8 Å². The molecular weight excluding hydrogens is 661 g/mol. The summed E-state index contributed by atoms with van der Waals surface area (Å²) in [6.07, 6.45) is 3.89. The van der Waals surface area contributed by atoms with Gasteiger partial charge < -0.3 is 13.9 Å². The molecule has 1 aliphatic rings. The fourth-order valence-electron chi connectivity index (χ4n) is 8.25. The maximum Gasteiger partial charge on any atom is 0.248 e. The first-order valence-electron chi connectivity index (χ1n) is 18.3. The van der Waals surface area contributed by atoms with E-state index in [1.807, 2.05) is 24.3 Å². The molecule has 0 saturated heterocycles. The molecule has 0 fully saturated rings. The molecule has 5 nitrogen and oxygen atoms in total. The van der Waals surface area contributed by atoms with E-state index in [4.69, 9.17) is 4.42 Å². The lowest BCUT2D eigenvalue weighted by Crippen LogP contribution is -2.16. The average Bonchev–Trinajstić information content (AvgIpc) is 3.90. The van der Waals surface area contributed by atoms with Crippen molar-refractivity contribution in [1.29, 1.82) is 0 Å². The largest absolute Gasteiger partial charge is 0.417 e. The van der Waals surface area contributed by atoms with E-state index in [0.717, 1.165) is 33.9 Å². The van der Waals surface area contributed by atoms with Crippen LogP contribution in [0, 0.1) is 0 Å². The van der Waals surface area contributed by atoms with E-state index in [2.05, 4.69) is 191 Å². The third kappa shape index (κ3) is 5.16. The molecule has 7 aromatic carbocycles. The second-order valence-electron chi connectivity index (χ2n) is 14.3. The first-order chi connectivity index (χ1) is 26.5. The summed E-state index contributed by atoms with van der Waals surface area (Å²) in [5.41, 5.74) is 13.7. The molecular formula is C49H36N4O. The Hall–Kier alpha value is -6.98. The molecule has 0 unspecified atom stereocenters. The van der Waals surface area contributed by atoms with Crippen molar-refractivity contribution in [3.8, 4) is 28.3 Å². The van der Waals surface area contributed by atoms with E-state index in [1.165, 1.54) is 44.1 Å². The van der Waals surface area contributed by atoms with Crippen molar-refractivity contribution in [1.82, 2.24) is 14.8 Å². The van der Waals surface area contributed by atoms with Gasteiger partial charge in [0, 0.05) is 50.6 Å². The minimum atomic E-state index is -0.271. The summed E-state index contributed by atoms with van der Waals surface area (Å²) < 4.78 is 8.68. The van der Waals surface area contributed by atoms with Crippen LogP contribution in [0.2, 0.25) is 0 Å². The van der Waals surface area contributed by atoms with Crippen molar-refractivity contribution in [3.63, 3.8) is 0 Å². The van der Waals surface area contributed by atoms with Crippen LogP contribution in [-0.2, 0) is 5.41 Å². The van der Waals surface area contributed by atoms with Gasteiger partial charge in [-0.1, -0.05) is 117 Å². The van der Waals surface area contributed by atoms with Gasteiger partial charge in [-0.15, -0.1) is 10.2 Å². The molecule has 2 aromatic heterocycles. The van der Waals surface area contributed by atoms with Gasteiger partial charge in [-0.2, -0.15) is 0 Å². The Labute approximate surface area is 314 Å². The molecule has 2 heterocycles. The fraction of sp³-hybridized carbons (Fsp3) is 0.0612. The zero-order chi connectivity index (χ0) is 36.2. The highest BCUT2D eigenvalue weighted by Gasteiger charge is 2.39. The number of fused-ring (bicyclic) bond motifs is 7. The minimum Gasteiger partial charge on any atom is -0.417 e. The van der Waals surface area contributed by atoms with E-state index in [0.29, 0.717) is 11.8 Å². The highest BCUT2D eigenvalue weighted by atomic mass is 16.4. The van der Waals surface area contributed by atoms with Crippen LogP contribution >= 0.6 is 0 Å². The molecule has 0 spiro atoms. The van der Waals surface area contributed by atoms with E-state index in [9.17, 15) is 0 Å². The second kappa shape index (κ2) is 12.6. The molecule has 1 aliphatic carbocycles. The molecule has 0 aliphatic heterocycles. The van der Waals surface area contributed by atoms with Crippen LogP contribution in [0.4, 0.5) is 17.1 Å². The average molecular weight is 697 g/mol. The summed E-state index contributed by atoms with van der Waals surface area (Å²) in [6, 6.07) is 59.9. The lowest BCUT2D eigenvalue weighted by molar-refractivity contribution is 0.557. The molecule has 0 saturated carbocycles. The van der Waals surface area contributed by atoms with Gasteiger partial charge in [0.1, 0.15) is 0 Å². The van der Waals surface area contributed by atoms with Crippen LogP contribution in [0.1, 0.15) is 36.4 Å². The molecule has 54 heavy (non-hydrogen) atoms. The number of hydrogen-bond acceptors (Lipinski definition) is 4. The molecule has 10 rings (SSSR count). The lowest BCUT2D eigenvalue weighted by Gasteiger charge is -2.25. The molecule has 0 atom stereocenters. The molecule has 0 radical (unpaired) electrons. The monoisotopic (exact) mass is 696 g/mol. The fourth-order valence-corrected chi connectivity index (χ4v) is 8.25. The SMILES string of the molecule is CC1(C)c2cc(-c3nnc(/C=C/c4ccc(N(c5ccccc5)c5ccccc5)cc4)o3)ccc2-c2ccc3c4ccccc4n(-c4ccccc4)c3c21. The summed E-state index contributed by atoms with van der Waals surface area (Å²) in [5, 5.41) is 11.4. The molecule has 258 valence electrons. The maximum atomic E-state index is 6.24. The number of nitrogens with zero attached hydrogens (tertiary/aromatic N) is 4. The van der Waals surface area contributed by atoms with Crippen LogP contribution in [0.15, 0.2) is 174 Å². The quantitative estimate of drug-likeness (QED) is 0.166. The number of benzene rings is 7. The van der Waals surface area contributed by atoms with Crippen molar-refractivity contribution in [3.05, 3.63) is 192 Å². The topological polar surface area (TPSA) is 47.1 Å². The van der Waals surface area contributed by atoms with Crippen molar-refractivity contribution in [2.24, 2.45) is 0 Å². The predicted octanol–water partition coefficient (Wildman–Crippen LogP) is 12.8. The van der Waals surface area contributed by atoms with E-state index in [-0.39, 0.29) is 5.41 Å². The Bertz CT molecular complexity index is 2790. The van der Waals surface area contributed by atoms with Crippen LogP contribution in [0.25, 0.3) is 62.2 Å². The van der Waals surface area contributed by atoms with E-state index >= 15 is 0 Å². The van der Waals surface area contributed by atoms with Crippen LogP contribution in [0.5, 0.6) is 0 Å². The first-order valence-corrected chi connectivity index (χ1v) is 18.3. The van der Waals surface area contributed by atoms with E-state index in [1.54, 1.807) is 0 Å². The van der Waals surface area contributed by atoms with Gasteiger partial charge in [-0.05, 0) is 101 Å². The van der Waals surface area contributed by atoms with Gasteiger partial charge in [-0.25, -0.2) is 0 Å². The van der Waals surface area contributed by atoms with Gasteiger partial charge in [0.2, 0.25) is 11.8 Å². The normalized spacial score (nSPS) is 13.1. The van der Waals surface area contributed by atoms with Crippen molar-refractivity contribution < 1.29 is 4.42 Å². The van der Waals surface area contributed by atoms with Crippen molar-refractivity contribution >= 4 is 51.0 Å². The highest BCUT2D eigenvalue weighted by molar-refractivity contribution is 6.13. The van der Waals surface area contributed by atoms with Crippen molar-refractivity contribution in [2.45, 2.75) is 19.3 Å². The smallest absolute Gasteiger partial charge is 0.248 e. The number of para-hydroxylation sites is 4. The van der Waals surface area contributed by atoms with Crippen LogP contribution < -0.4 is 4.90 Å². The summed E-state index contributed by atoms with van der Waals surface area (Å²) >= 11 is 0. The predicted molar refractivity (Wildman–Crippen MR) is 222 cm³/mol. The molecule has 9 aromatic rings. The van der Waals surface area contributed by atoms with E-state index < -0.39 is 0 Å².